The highest BCUT2D eigenvalue weighted by Crippen LogP contribution is 2.11. The summed E-state index contributed by atoms with van der Waals surface area (Å²) in [5, 5.41) is 3.09. The Morgan fingerprint density at radius 2 is 1.05 bits per heavy atom. The molecule has 0 nitrogen and oxygen atoms in total. The van der Waals surface area contributed by atoms with E-state index < -0.39 is 0 Å². The Balaban J connectivity index is 2.19. The van der Waals surface area contributed by atoms with Crippen molar-refractivity contribution in [1.29, 1.82) is 0 Å². The fourth-order valence-electron chi connectivity index (χ4n) is 2.13. The molecule has 6 heteroatoms. The average Bonchev–Trinajstić information content (AvgIpc) is 2.41. The summed E-state index contributed by atoms with van der Waals surface area (Å²) in [6.07, 6.45) is 4.14. The van der Waals surface area contributed by atoms with Gasteiger partial charge in [0.2, 0.25) is 0 Å². The van der Waals surface area contributed by atoms with Gasteiger partial charge in [0.05, 0.1) is 19.0 Å². The van der Waals surface area contributed by atoms with Gasteiger partial charge in [-0.3, -0.25) is 0 Å². The predicted molar refractivity (Wildman–Crippen MR) is 102 cm³/mol. The van der Waals surface area contributed by atoms with Crippen LogP contribution < -0.4 is 10.4 Å². The minimum absolute atomic E-state index is 0.141. The van der Waals surface area contributed by atoms with Gasteiger partial charge in [-0.25, -0.2) is 0 Å². The maximum Gasteiger partial charge on any atom is 0.107 e. The maximum absolute atomic E-state index is 5.73. The Labute approximate surface area is 147 Å². The number of hydrogen-bond acceptors (Lipinski definition) is 0. The summed E-state index contributed by atoms with van der Waals surface area (Å²) in [5.74, 6) is 0. The first-order valence-electron chi connectivity index (χ1n) is 7.22. The molecule has 0 aliphatic rings. The summed E-state index contributed by atoms with van der Waals surface area (Å²) in [6.45, 7) is 0. The Hall–Kier alpha value is 0.814. The fraction of sp³-hybridized carbons (Fsp3) is 0.571. The SMILES string of the molecule is ClC(Cl)CCC[SiH2]c1ccc([SiH2]CCCC(Cl)Cl)cc1. The molecule has 0 bridgehead atoms. The van der Waals surface area contributed by atoms with Crippen LogP contribution in [0.4, 0.5) is 0 Å². The molecule has 1 aromatic rings. The van der Waals surface area contributed by atoms with Gasteiger partial charge in [-0.2, -0.15) is 0 Å². The molecule has 20 heavy (non-hydrogen) atoms. The van der Waals surface area contributed by atoms with Crippen molar-refractivity contribution < 1.29 is 0 Å². The van der Waals surface area contributed by atoms with Gasteiger partial charge in [0.25, 0.3) is 0 Å². The molecule has 0 atom stereocenters. The van der Waals surface area contributed by atoms with Crippen LogP contribution in [0.1, 0.15) is 25.7 Å². The van der Waals surface area contributed by atoms with Gasteiger partial charge in [0.1, 0.15) is 9.67 Å². The van der Waals surface area contributed by atoms with E-state index >= 15 is 0 Å². The lowest BCUT2D eigenvalue weighted by Crippen LogP contribution is -2.20. The van der Waals surface area contributed by atoms with E-state index in [1.807, 2.05) is 0 Å². The van der Waals surface area contributed by atoms with E-state index in [0.717, 1.165) is 25.7 Å². The van der Waals surface area contributed by atoms with Crippen LogP contribution in [0.25, 0.3) is 0 Å². The summed E-state index contributed by atoms with van der Waals surface area (Å²) >= 11 is 22.9. The Morgan fingerprint density at radius 1 is 0.700 bits per heavy atom. The highest BCUT2D eigenvalue weighted by molar-refractivity contribution is 6.55. The lowest BCUT2D eigenvalue weighted by molar-refractivity contribution is 0.855. The van der Waals surface area contributed by atoms with Crippen LogP contribution in [0.3, 0.4) is 0 Å². The smallest absolute Gasteiger partial charge is 0.105 e. The minimum Gasteiger partial charge on any atom is -0.105 e. The molecule has 0 saturated heterocycles. The minimum atomic E-state index is -0.196. The molecular weight excluding hydrogens is 366 g/mol. The summed E-state index contributed by atoms with van der Waals surface area (Å²) in [5.41, 5.74) is 0. The van der Waals surface area contributed by atoms with E-state index in [-0.39, 0.29) is 28.7 Å². The second-order valence-corrected chi connectivity index (χ2v) is 11.7. The fourth-order valence-corrected chi connectivity index (χ4v) is 5.78. The third-order valence-corrected chi connectivity index (χ3v) is 7.98. The Morgan fingerprint density at radius 3 is 1.35 bits per heavy atom. The van der Waals surface area contributed by atoms with Gasteiger partial charge in [-0.1, -0.05) is 59.6 Å². The molecule has 0 N–H and O–H groups in total. The van der Waals surface area contributed by atoms with Crippen molar-refractivity contribution in [1.82, 2.24) is 0 Å². The first-order valence-corrected chi connectivity index (χ1v) is 12.4. The quantitative estimate of drug-likeness (QED) is 0.328. The van der Waals surface area contributed by atoms with Crippen LogP contribution in [0.5, 0.6) is 0 Å². The second kappa shape index (κ2) is 11.4. The molecule has 0 aromatic heterocycles. The monoisotopic (exact) mass is 386 g/mol. The molecule has 0 saturated carbocycles. The Kier molecular flexibility index (Phi) is 10.7. The lowest BCUT2D eigenvalue weighted by atomic mass is 10.4. The highest BCUT2D eigenvalue weighted by atomic mass is 35.5. The number of hydrogen-bond donors (Lipinski definition) is 0. The molecule has 0 fully saturated rings. The molecule has 114 valence electrons. The third-order valence-electron chi connectivity index (χ3n) is 3.30. The van der Waals surface area contributed by atoms with Gasteiger partial charge in [0.15, 0.2) is 0 Å². The highest BCUT2D eigenvalue weighted by Gasteiger charge is 2.01. The third kappa shape index (κ3) is 9.70. The summed E-state index contributed by atoms with van der Waals surface area (Å²) < 4.78 is 0. The van der Waals surface area contributed by atoms with Crippen molar-refractivity contribution in [3.05, 3.63) is 24.3 Å². The van der Waals surface area contributed by atoms with Crippen LogP contribution in [-0.4, -0.2) is 28.7 Å². The van der Waals surface area contributed by atoms with Crippen molar-refractivity contribution in [3.63, 3.8) is 0 Å². The molecule has 0 aliphatic heterocycles. The average molecular weight is 388 g/mol. The summed E-state index contributed by atoms with van der Waals surface area (Å²) in [4.78, 5) is -0.393. The van der Waals surface area contributed by atoms with E-state index in [1.54, 1.807) is 10.4 Å². The zero-order valence-electron chi connectivity index (χ0n) is 11.6. The van der Waals surface area contributed by atoms with Crippen molar-refractivity contribution in [2.45, 2.75) is 47.4 Å². The molecular formula is C14H22Cl4Si2. The predicted octanol–water partition coefficient (Wildman–Crippen LogP) is 3.28. The van der Waals surface area contributed by atoms with Crippen molar-refractivity contribution in [2.24, 2.45) is 0 Å². The van der Waals surface area contributed by atoms with Gasteiger partial charge in [0, 0.05) is 0 Å². The first-order chi connectivity index (χ1) is 9.58. The molecule has 0 heterocycles. The van der Waals surface area contributed by atoms with E-state index in [1.165, 1.54) is 12.1 Å². The molecule has 0 spiro atoms. The molecule has 0 amide bonds. The zero-order chi connectivity index (χ0) is 14.8. The molecule has 0 aliphatic carbocycles. The number of alkyl halides is 4. The van der Waals surface area contributed by atoms with Crippen molar-refractivity contribution >= 4 is 75.8 Å². The lowest BCUT2D eigenvalue weighted by Gasteiger charge is -2.05. The number of benzene rings is 1. The van der Waals surface area contributed by atoms with Gasteiger partial charge in [-0.15, -0.1) is 46.4 Å². The van der Waals surface area contributed by atoms with E-state index in [9.17, 15) is 0 Å². The number of halogens is 4. The van der Waals surface area contributed by atoms with E-state index in [2.05, 4.69) is 24.3 Å². The molecule has 0 unspecified atom stereocenters. The standard InChI is InChI=1S/C14H22Cl4Si2/c15-13(16)3-1-9-19-11-5-7-12(8-6-11)20-10-2-4-14(17)18/h5-8,13-14H,1-4,9-10,19-20H2. The van der Waals surface area contributed by atoms with Crippen LogP contribution in [0.15, 0.2) is 24.3 Å². The summed E-state index contributed by atoms with van der Waals surface area (Å²) in [6, 6.07) is 11.9. The summed E-state index contributed by atoms with van der Waals surface area (Å²) in [7, 11) is -0.283. The van der Waals surface area contributed by atoms with Crippen molar-refractivity contribution in [3.8, 4) is 0 Å². The van der Waals surface area contributed by atoms with Crippen LogP contribution in [-0.2, 0) is 0 Å². The van der Waals surface area contributed by atoms with Gasteiger partial charge < -0.3 is 0 Å². The number of rotatable bonds is 10. The molecule has 1 aromatic carbocycles. The van der Waals surface area contributed by atoms with Crippen LogP contribution >= 0.6 is 46.4 Å². The van der Waals surface area contributed by atoms with E-state index in [0.29, 0.717) is 0 Å². The molecule has 0 radical (unpaired) electrons. The van der Waals surface area contributed by atoms with Crippen molar-refractivity contribution in [2.75, 3.05) is 0 Å². The van der Waals surface area contributed by atoms with Crippen LogP contribution in [0.2, 0.25) is 12.1 Å². The van der Waals surface area contributed by atoms with E-state index in [4.69, 9.17) is 46.4 Å². The Bertz CT molecular complexity index is 320. The topological polar surface area (TPSA) is 0 Å². The maximum atomic E-state index is 5.73. The normalized spacial score (nSPS) is 12.7. The largest absolute Gasteiger partial charge is 0.107 e. The van der Waals surface area contributed by atoms with Crippen LogP contribution in [0, 0.1) is 0 Å². The first kappa shape index (κ1) is 18.9. The van der Waals surface area contributed by atoms with Gasteiger partial charge in [-0.05, 0) is 12.8 Å². The van der Waals surface area contributed by atoms with Gasteiger partial charge >= 0.3 is 0 Å². The zero-order valence-corrected chi connectivity index (χ0v) is 17.5. The molecule has 1 rings (SSSR count). The second-order valence-electron chi connectivity index (χ2n) is 5.09.